The minimum atomic E-state index is -0.872. The molecule has 19 heavy (non-hydrogen) atoms. The fourth-order valence-electron chi connectivity index (χ4n) is 1.50. The highest BCUT2D eigenvalue weighted by Crippen LogP contribution is 2.17. The van der Waals surface area contributed by atoms with E-state index in [9.17, 15) is 9.18 Å². The van der Waals surface area contributed by atoms with Gasteiger partial charge in [0, 0.05) is 12.1 Å². The number of hydrogen-bond donors (Lipinski definition) is 2. The second-order valence-corrected chi connectivity index (χ2v) is 3.88. The molecule has 0 radical (unpaired) electrons. The Morgan fingerprint density at radius 2 is 1.89 bits per heavy atom. The van der Waals surface area contributed by atoms with Gasteiger partial charge in [-0.15, -0.1) is 10.2 Å². The van der Waals surface area contributed by atoms with E-state index in [0.29, 0.717) is 18.1 Å². The molecule has 0 fully saturated rings. The number of rotatable bonds is 5. The molecule has 0 aliphatic carbocycles. The van der Waals surface area contributed by atoms with Gasteiger partial charge in [-0.3, -0.25) is 4.79 Å². The molecule has 2 rings (SSSR count). The fourth-order valence-corrected chi connectivity index (χ4v) is 1.50. The van der Waals surface area contributed by atoms with E-state index in [1.54, 1.807) is 24.3 Å². The summed E-state index contributed by atoms with van der Waals surface area (Å²) in [5.41, 5.74) is 1.40. The molecule has 0 aliphatic heterocycles. The number of aliphatic carboxylic acids is 1. The maximum atomic E-state index is 12.8. The number of aromatic nitrogens is 2. The van der Waals surface area contributed by atoms with E-state index in [0.717, 1.165) is 5.56 Å². The molecule has 6 heteroatoms. The molecule has 0 saturated carbocycles. The molecule has 0 amide bonds. The van der Waals surface area contributed by atoms with Crippen molar-refractivity contribution >= 4 is 11.8 Å². The number of nitrogens with zero attached hydrogens (tertiary/aromatic N) is 2. The van der Waals surface area contributed by atoms with E-state index >= 15 is 0 Å². The summed E-state index contributed by atoms with van der Waals surface area (Å²) in [5.74, 6) is -0.667. The van der Waals surface area contributed by atoms with E-state index in [1.165, 1.54) is 12.1 Å². The number of anilines is 1. The summed E-state index contributed by atoms with van der Waals surface area (Å²) >= 11 is 0. The maximum Gasteiger partial charge on any atom is 0.305 e. The van der Waals surface area contributed by atoms with Crippen LogP contribution in [0.4, 0.5) is 10.2 Å². The smallest absolute Gasteiger partial charge is 0.305 e. The molecule has 2 N–H and O–H groups in total. The van der Waals surface area contributed by atoms with E-state index in [2.05, 4.69) is 15.5 Å². The molecule has 98 valence electrons. The van der Waals surface area contributed by atoms with Crippen LogP contribution in [0.5, 0.6) is 0 Å². The summed E-state index contributed by atoms with van der Waals surface area (Å²) < 4.78 is 12.8. The number of carboxylic acids is 1. The molecule has 0 saturated heterocycles. The Morgan fingerprint density at radius 1 is 1.16 bits per heavy atom. The van der Waals surface area contributed by atoms with Gasteiger partial charge >= 0.3 is 5.97 Å². The molecule has 5 nitrogen and oxygen atoms in total. The molecular weight excluding hydrogens is 249 g/mol. The van der Waals surface area contributed by atoms with Gasteiger partial charge in [0.2, 0.25) is 0 Å². The number of carboxylic acid groups (broad SMARTS) is 1. The summed E-state index contributed by atoms with van der Waals surface area (Å²) in [5, 5.41) is 19.3. The van der Waals surface area contributed by atoms with Crippen molar-refractivity contribution in [2.75, 3.05) is 11.9 Å². The van der Waals surface area contributed by atoms with E-state index in [1.807, 2.05) is 0 Å². The van der Waals surface area contributed by atoms with Gasteiger partial charge < -0.3 is 10.4 Å². The Balaban J connectivity index is 2.02. The van der Waals surface area contributed by atoms with Gasteiger partial charge in [0.15, 0.2) is 0 Å². The molecule has 0 aliphatic rings. The highest BCUT2D eigenvalue weighted by molar-refractivity contribution is 5.67. The predicted molar refractivity (Wildman–Crippen MR) is 68.2 cm³/mol. The van der Waals surface area contributed by atoms with Crippen molar-refractivity contribution in [3.63, 3.8) is 0 Å². The average Bonchev–Trinajstić information content (AvgIpc) is 2.40. The molecule has 0 unspecified atom stereocenters. The van der Waals surface area contributed by atoms with Gasteiger partial charge in [-0.2, -0.15) is 0 Å². The normalized spacial score (nSPS) is 10.2. The lowest BCUT2D eigenvalue weighted by Gasteiger charge is -2.04. The van der Waals surface area contributed by atoms with Gasteiger partial charge in [-0.05, 0) is 36.4 Å². The zero-order chi connectivity index (χ0) is 13.7. The minimum Gasteiger partial charge on any atom is -0.481 e. The second kappa shape index (κ2) is 5.90. The van der Waals surface area contributed by atoms with Crippen molar-refractivity contribution < 1.29 is 14.3 Å². The van der Waals surface area contributed by atoms with Crippen molar-refractivity contribution in [1.82, 2.24) is 10.2 Å². The first kappa shape index (κ1) is 12.9. The zero-order valence-electron chi connectivity index (χ0n) is 10.0. The number of hydrogen-bond acceptors (Lipinski definition) is 4. The third-order valence-electron chi connectivity index (χ3n) is 2.45. The van der Waals surface area contributed by atoms with Gasteiger partial charge in [-0.25, -0.2) is 4.39 Å². The minimum absolute atomic E-state index is 0.0153. The number of halogens is 1. The second-order valence-electron chi connectivity index (χ2n) is 3.88. The molecule has 1 aromatic heterocycles. The summed E-state index contributed by atoms with van der Waals surface area (Å²) in [4.78, 5) is 10.3. The largest absolute Gasteiger partial charge is 0.481 e. The van der Waals surface area contributed by atoms with Crippen LogP contribution in [0.25, 0.3) is 11.3 Å². The Bertz CT molecular complexity index is 555. The van der Waals surface area contributed by atoms with Crippen LogP contribution in [0.3, 0.4) is 0 Å². The summed E-state index contributed by atoms with van der Waals surface area (Å²) in [6.45, 7) is 0.292. The highest BCUT2D eigenvalue weighted by Gasteiger charge is 2.02. The van der Waals surface area contributed by atoms with Crippen LogP contribution in [-0.2, 0) is 4.79 Å². The van der Waals surface area contributed by atoms with Crippen molar-refractivity contribution in [2.24, 2.45) is 0 Å². The van der Waals surface area contributed by atoms with Crippen LogP contribution in [0.1, 0.15) is 6.42 Å². The first-order valence-electron chi connectivity index (χ1n) is 5.70. The topological polar surface area (TPSA) is 75.1 Å². The van der Waals surface area contributed by atoms with E-state index in [-0.39, 0.29) is 12.2 Å². The first-order chi connectivity index (χ1) is 9.15. The molecule has 0 atom stereocenters. The number of benzene rings is 1. The van der Waals surface area contributed by atoms with E-state index < -0.39 is 5.97 Å². The van der Waals surface area contributed by atoms with Crippen molar-refractivity contribution in [1.29, 1.82) is 0 Å². The lowest BCUT2D eigenvalue weighted by Crippen LogP contribution is -2.09. The number of nitrogens with one attached hydrogen (secondary N) is 1. The SMILES string of the molecule is O=C(O)CCNc1ccc(-c2ccc(F)cc2)nn1. The van der Waals surface area contributed by atoms with Crippen LogP contribution < -0.4 is 5.32 Å². The lowest BCUT2D eigenvalue weighted by molar-refractivity contribution is -0.136. The molecule has 0 bridgehead atoms. The Kier molecular flexibility index (Phi) is 4.02. The lowest BCUT2D eigenvalue weighted by atomic mass is 10.1. The van der Waals surface area contributed by atoms with Crippen molar-refractivity contribution in [2.45, 2.75) is 6.42 Å². The van der Waals surface area contributed by atoms with Crippen LogP contribution >= 0.6 is 0 Å². The standard InChI is InChI=1S/C13H12FN3O2/c14-10-3-1-9(2-4-10)11-5-6-12(17-16-11)15-8-7-13(18)19/h1-6H,7-8H2,(H,15,17)(H,18,19). The Morgan fingerprint density at radius 3 is 2.47 bits per heavy atom. The van der Waals surface area contributed by atoms with Crippen LogP contribution in [0.2, 0.25) is 0 Å². The summed E-state index contributed by atoms with van der Waals surface area (Å²) in [6, 6.07) is 9.40. The van der Waals surface area contributed by atoms with Gasteiger partial charge in [0.25, 0.3) is 0 Å². The third kappa shape index (κ3) is 3.74. The molecule has 2 aromatic rings. The maximum absolute atomic E-state index is 12.8. The van der Waals surface area contributed by atoms with Crippen LogP contribution in [0, 0.1) is 5.82 Å². The predicted octanol–water partition coefficient (Wildman–Crippen LogP) is 2.17. The van der Waals surface area contributed by atoms with Gasteiger partial charge in [-0.1, -0.05) is 0 Å². The van der Waals surface area contributed by atoms with E-state index in [4.69, 9.17) is 5.11 Å². The quantitative estimate of drug-likeness (QED) is 0.862. The summed E-state index contributed by atoms with van der Waals surface area (Å²) in [7, 11) is 0. The molecule has 1 heterocycles. The monoisotopic (exact) mass is 261 g/mol. The average molecular weight is 261 g/mol. The van der Waals surface area contributed by atoms with Gasteiger partial charge in [0.1, 0.15) is 11.6 Å². The van der Waals surface area contributed by atoms with Gasteiger partial charge in [0.05, 0.1) is 12.1 Å². The Hall–Kier alpha value is -2.50. The zero-order valence-corrected chi connectivity index (χ0v) is 10.0. The fraction of sp³-hybridized carbons (Fsp3) is 0.154. The summed E-state index contributed by atoms with van der Waals surface area (Å²) in [6.07, 6.45) is 0.0153. The van der Waals surface area contributed by atoms with Crippen LogP contribution in [0.15, 0.2) is 36.4 Å². The van der Waals surface area contributed by atoms with Crippen molar-refractivity contribution in [3.05, 3.63) is 42.2 Å². The van der Waals surface area contributed by atoms with Crippen molar-refractivity contribution in [3.8, 4) is 11.3 Å². The highest BCUT2D eigenvalue weighted by atomic mass is 19.1. The number of carbonyl (C=O) groups is 1. The third-order valence-corrected chi connectivity index (χ3v) is 2.45. The first-order valence-corrected chi connectivity index (χ1v) is 5.70. The molecule has 1 aromatic carbocycles. The molecule has 0 spiro atoms. The van der Waals surface area contributed by atoms with Crippen LogP contribution in [-0.4, -0.2) is 27.8 Å². The Labute approximate surface area is 109 Å². The molecular formula is C13H12FN3O2.